The van der Waals surface area contributed by atoms with Gasteiger partial charge in [0.2, 0.25) is 5.91 Å². The molecule has 0 saturated heterocycles. The van der Waals surface area contributed by atoms with Crippen molar-refractivity contribution >= 4 is 11.8 Å². The van der Waals surface area contributed by atoms with Crippen molar-refractivity contribution < 1.29 is 9.59 Å². The van der Waals surface area contributed by atoms with Crippen LogP contribution in [0.4, 0.5) is 0 Å². The summed E-state index contributed by atoms with van der Waals surface area (Å²) in [5, 5.41) is 0. The number of carbonyl (C=O) groups excluding carboxylic acids is 2. The van der Waals surface area contributed by atoms with E-state index in [1.165, 1.54) is 5.56 Å². The zero-order valence-electron chi connectivity index (χ0n) is 23.2. The SMILES string of the molecule is CC(C)c1ccc([C@H]2c3cccn3CCN2C(=O)CN(C(=O)c2ccc(-c3ccccc3)cc2)C(C)C)cc1. The van der Waals surface area contributed by atoms with Gasteiger partial charge in [0.05, 0.1) is 6.04 Å². The second-order valence-electron chi connectivity index (χ2n) is 10.9. The molecule has 0 spiro atoms. The maximum atomic E-state index is 13.9. The van der Waals surface area contributed by atoms with Crippen LogP contribution in [0.15, 0.2) is 97.2 Å². The number of carbonyl (C=O) groups is 2. The van der Waals surface area contributed by atoms with Crippen molar-refractivity contribution in [3.05, 3.63) is 120 Å². The zero-order chi connectivity index (χ0) is 27.5. The highest BCUT2D eigenvalue weighted by atomic mass is 16.2. The fourth-order valence-electron chi connectivity index (χ4n) is 5.39. The number of hydrogen-bond donors (Lipinski definition) is 0. The Kier molecular flexibility index (Phi) is 7.69. The zero-order valence-corrected chi connectivity index (χ0v) is 23.2. The van der Waals surface area contributed by atoms with Crippen LogP contribution in [0, 0.1) is 0 Å². The van der Waals surface area contributed by atoms with E-state index >= 15 is 0 Å². The normalized spacial score (nSPS) is 14.9. The minimum Gasteiger partial charge on any atom is -0.348 e. The minimum absolute atomic E-state index is 0.0386. The molecule has 0 saturated carbocycles. The molecule has 2 heterocycles. The molecule has 5 nitrogen and oxygen atoms in total. The van der Waals surface area contributed by atoms with Gasteiger partial charge in [-0.25, -0.2) is 0 Å². The molecule has 1 atom stereocenters. The number of fused-ring (bicyclic) bond motifs is 1. The molecule has 5 rings (SSSR count). The molecule has 0 unspecified atom stereocenters. The van der Waals surface area contributed by atoms with Gasteiger partial charge in [-0.1, -0.05) is 80.6 Å². The second-order valence-corrected chi connectivity index (χ2v) is 10.9. The lowest BCUT2D eigenvalue weighted by Gasteiger charge is -2.39. The van der Waals surface area contributed by atoms with Crippen molar-refractivity contribution in [2.75, 3.05) is 13.1 Å². The summed E-state index contributed by atoms with van der Waals surface area (Å²) < 4.78 is 2.23. The standard InChI is InChI=1S/C34H37N3O2/c1-24(2)26-12-16-29(17-13-26)33-31-11-8-20-35(31)21-22-36(33)32(38)23-37(25(3)4)34(39)30-18-14-28(15-19-30)27-9-6-5-7-10-27/h5-20,24-25,33H,21-23H2,1-4H3/t33-/m0/s1. The summed E-state index contributed by atoms with van der Waals surface area (Å²) in [5.74, 6) is 0.277. The Labute approximate surface area is 231 Å². The number of hydrogen-bond acceptors (Lipinski definition) is 2. The molecule has 0 N–H and O–H groups in total. The molecule has 0 bridgehead atoms. The van der Waals surface area contributed by atoms with Crippen LogP contribution in [0.5, 0.6) is 0 Å². The van der Waals surface area contributed by atoms with E-state index in [-0.39, 0.29) is 30.4 Å². The summed E-state index contributed by atoms with van der Waals surface area (Å²) in [5.41, 5.74) is 6.22. The number of rotatable bonds is 7. The molecule has 5 heteroatoms. The van der Waals surface area contributed by atoms with Gasteiger partial charge in [-0.3, -0.25) is 9.59 Å². The average Bonchev–Trinajstić information content (AvgIpc) is 3.44. The Hall–Kier alpha value is -4.12. The van der Waals surface area contributed by atoms with Crippen molar-refractivity contribution in [1.82, 2.24) is 14.4 Å². The molecule has 4 aromatic rings. The monoisotopic (exact) mass is 519 g/mol. The van der Waals surface area contributed by atoms with E-state index in [4.69, 9.17) is 0 Å². The molecule has 39 heavy (non-hydrogen) atoms. The molecule has 0 aliphatic carbocycles. The molecule has 2 amide bonds. The largest absolute Gasteiger partial charge is 0.348 e. The fraction of sp³-hybridized carbons (Fsp3) is 0.294. The van der Waals surface area contributed by atoms with E-state index in [1.807, 2.05) is 67.3 Å². The van der Waals surface area contributed by atoms with Crippen LogP contribution in [0.1, 0.15) is 66.8 Å². The topological polar surface area (TPSA) is 45.6 Å². The first-order chi connectivity index (χ1) is 18.8. The molecular weight excluding hydrogens is 482 g/mol. The molecule has 3 aromatic carbocycles. The minimum atomic E-state index is -0.184. The van der Waals surface area contributed by atoms with Crippen molar-refractivity contribution in [3.8, 4) is 11.1 Å². The van der Waals surface area contributed by atoms with Crippen molar-refractivity contribution in [3.63, 3.8) is 0 Å². The summed E-state index contributed by atoms with van der Waals surface area (Å²) in [6, 6.07) is 30.2. The maximum Gasteiger partial charge on any atom is 0.254 e. The van der Waals surface area contributed by atoms with Gasteiger partial charge in [0.15, 0.2) is 0 Å². The second kappa shape index (κ2) is 11.3. The van der Waals surface area contributed by atoms with Gasteiger partial charge in [0, 0.05) is 36.6 Å². The molecule has 1 aromatic heterocycles. The molecule has 0 radical (unpaired) electrons. The van der Waals surface area contributed by atoms with Crippen LogP contribution in [-0.4, -0.2) is 45.3 Å². The van der Waals surface area contributed by atoms with E-state index < -0.39 is 0 Å². The first-order valence-corrected chi connectivity index (χ1v) is 13.8. The van der Waals surface area contributed by atoms with E-state index in [0.717, 1.165) is 28.9 Å². The Balaban J connectivity index is 1.38. The third-order valence-electron chi connectivity index (χ3n) is 7.71. The van der Waals surface area contributed by atoms with E-state index in [2.05, 4.69) is 67.1 Å². The van der Waals surface area contributed by atoms with Gasteiger partial charge < -0.3 is 14.4 Å². The van der Waals surface area contributed by atoms with Crippen molar-refractivity contribution in [2.24, 2.45) is 0 Å². The molecule has 1 aliphatic heterocycles. The van der Waals surface area contributed by atoms with Gasteiger partial charge >= 0.3 is 0 Å². The molecule has 200 valence electrons. The first kappa shape index (κ1) is 26.5. The Morgan fingerprint density at radius 3 is 2.10 bits per heavy atom. The summed E-state index contributed by atoms with van der Waals surface area (Å²) >= 11 is 0. The Morgan fingerprint density at radius 1 is 0.795 bits per heavy atom. The molecular formula is C34H37N3O2. The van der Waals surface area contributed by atoms with E-state index in [1.54, 1.807) is 4.90 Å². The van der Waals surface area contributed by atoms with Gasteiger partial charge in [-0.2, -0.15) is 0 Å². The summed E-state index contributed by atoms with van der Waals surface area (Å²) in [6.45, 7) is 9.68. The van der Waals surface area contributed by atoms with E-state index in [9.17, 15) is 9.59 Å². The average molecular weight is 520 g/mol. The highest BCUT2D eigenvalue weighted by Gasteiger charge is 2.34. The molecule has 1 aliphatic rings. The lowest BCUT2D eigenvalue weighted by atomic mass is 9.95. The van der Waals surface area contributed by atoms with Crippen LogP contribution in [0.3, 0.4) is 0 Å². The van der Waals surface area contributed by atoms with Crippen molar-refractivity contribution in [1.29, 1.82) is 0 Å². The number of nitrogens with zero attached hydrogens (tertiary/aromatic N) is 3. The predicted octanol–water partition coefficient (Wildman–Crippen LogP) is 6.76. The third-order valence-corrected chi connectivity index (χ3v) is 7.71. The first-order valence-electron chi connectivity index (χ1n) is 13.8. The Morgan fingerprint density at radius 2 is 1.46 bits per heavy atom. The number of amides is 2. The van der Waals surface area contributed by atoms with Crippen LogP contribution < -0.4 is 0 Å². The lowest BCUT2D eigenvalue weighted by Crippen LogP contribution is -2.49. The van der Waals surface area contributed by atoms with Crippen LogP contribution in [0.2, 0.25) is 0 Å². The quantitative estimate of drug-likeness (QED) is 0.271. The van der Waals surface area contributed by atoms with E-state index in [0.29, 0.717) is 18.0 Å². The highest BCUT2D eigenvalue weighted by molar-refractivity contribution is 5.97. The van der Waals surface area contributed by atoms with Crippen LogP contribution >= 0.6 is 0 Å². The van der Waals surface area contributed by atoms with Gasteiger partial charge in [-0.15, -0.1) is 0 Å². The smallest absolute Gasteiger partial charge is 0.254 e. The Bertz CT molecular complexity index is 1420. The van der Waals surface area contributed by atoms with Gasteiger partial charge in [0.1, 0.15) is 6.54 Å². The molecule has 0 fully saturated rings. The van der Waals surface area contributed by atoms with Gasteiger partial charge in [-0.05, 0) is 66.3 Å². The number of benzene rings is 3. The lowest BCUT2D eigenvalue weighted by molar-refractivity contribution is -0.135. The van der Waals surface area contributed by atoms with Gasteiger partial charge in [0.25, 0.3) is 5.91 Å². The van der Waals surface area contributed by atoms with Crippen LogP contribution in [-0.2, 0) is 11.3 Å². The number of aromatic nitrogens is 1. The maximum absolute atomic E-state index is 13.9. The third kappa shape index (κ3) is 5.53. The summed E-state index contributed by atoms with van der Waals surface area (Å²) in [7, 11) is 0. The summed E-state index contributed by atoms with van der Waals surface area (Å²) in [6.07, 6.45) is 2.08. The van der Waals surface area contributed by atoms with Crippen molar-refractivity contribution in [2.45, 2.75) is 52.2 Å². The highest BCUT2D eigenvalue weighted by Crippen LogP contribution is 2.33. The fourth-order valence-corrected chi connectivity index (χ4v) is 5.39. The van der Waals surface area contributed by atoms with Crippen LogP contribution in [0.25, 0.3) is 11.1 Å². The predicted molar refractivity (Wildman–Crippen MR) is 157 cm³/mol. The summed E-state index contributed by atoms with van der Waals surface area (Å²) in [4.78, 5) is 31.1.